The van der Waals surface area contributed by atoms with Crippen molar-refractivity contribution >= 4 is 34.8 Å². The summed E-state index contributed by atoms with van der Waals surface area (Å²) in [4.78, 5) is 11.3. The molecule has 6 heteroatoms. The summed E-state index contributed by atoms with van der Waals surface area (Å²) >= 11 is 6.53. The van der Waals surface area contributed by atoms with Crippen molar-refractivity contribution in [1.29, 1.82) is 0 Å². The molecule has 1 aliphatic carbocycles. The maximum atomic E-state index is 13.9. The van der Waals surface area contributed by atoms with E-state index in [1.54, 1.807) is 49.6 Å². The van der Waals surface area contributed by atoms with E-state index >= 15 is 0 Å². The highest BCUT2D eigenvalue weighted by atomic mass is 35.5. The maximum Gasteiger partial charge on any atom is 0.307 e. The van der Waals surface area contributed by atoms with E-state index in [1.807, 2.05) is 19.1 Å². The summed E-state index contributed by atoms with van der Waals surface area (Å²) in [6.45, 7) is 1.84. The average Bonchev–Trinajstić information content (AvgIpc) is 3.01. The van der Waals surface area contributed by atoms with E-state index < -0.39 is 11.8 Å². The van der Waals surface area contributed by atoms with E-state index in [9.17, 15) is 14.3 Å². The lowest BCUT2D eigenvalue weighted by atomic mass is 10.0. The third-order valence-corrected chi connectivity index (χ3v) is 5.68. The molecule has 3 aromatic rings. The fraction of sp³-hybridized carbons (Fsp3) is 0.115. The molecule has 162 valence electrons. The predicted octanol–water partition coefficient (Wildman–Crippen LogP) is 7.08. The standard InChI is InChI=1S/C26H20ClFO4/c1-15-22(21-10-4-17(28)12-24(21)23(15)14-26(29)30)11-16-3-5-20(13-25(16)27)32-19-8-6-18(31-2)7-9-19/h3-13H,14H2,1-2H3,(H,29,30)/b22-11-. The van der Waals surface area contributed by atoms with Gasteiger partial charge in [-0.2, -0.15) is 0 Å². The highest BCUT2D eigenvalue weighted by Crippen LogP contribution is 2.44. The number of methoxy groups -OCH3 is 1. The highest BCUT2D eigenvalue weighted by Gasteiger charge is 2.25. The van der Waals surface area contributed by atoms with E-state index in [2.05, 4.69) is 0 Å². The van der Waals surface area contributed by atoms with Crippen molar-refractivity contribution in [1.82, 2.24) is 0 Å². The van der Waals surface area contributed by atoms with Gasteiger partial charge in [0.2, 0.25) is 0 Å². The van der Waals surface area contributed by atoms with Gasteiger partial charge in [0, 0.05) is 0 Å². The lowest BCUT2D eigenvalue weighted by molar-refractivity contribution is -0.135. The number of benzene rings is 3. The average molecular weight is 451 g/mol. The number of hydrogen-bond acceptors (Lipinski definition) is 3. The van der Waals surface area contributed by atoms with Gasteiger partial charge in [-0.3, -0.25) is 4.79 Å². The molecule has 3 aromatic carbocycles. The number of allylic oxidation sites excluding steroid dienone is 2. The maximum absolute atomic E-state index is 13.9. The first-order valence-corrected chi connectivity index (χ1v) is 10.3. The number of carboxylic acid groups (broad SMARTS) is 1. The lowest BCUT2D eigenvalue weighted by Gasteiger charge is -2.09. The molecular weight excluding hydrogens is 431 g/mol. The molecule has 0 heterocycles. The molecule has 0 aromatic heterocycles. The summed E-state index contributed by atoms with van der Waals surface area (Å²) in [6.07, 6.45) is 1.71. The van der Waals surface area contributed by atoms with Crippen LogP contribution in [0.1, 0.15) is 30.0 Å². The number of carbonyl (C=O) groups is 1. The Morgan fingerprint density at radius 2 is 1.69 bits per heavy atom. The van der Waals surface area contributed by atoms with Crippen LogP contribution in [0.3, 0.4) is 0 Å². The van der Waals surface area contributed by atoms with E-state index in [4.69, 9.17) is 21.1 Å². The van der Waals surface area contributed by atoms with E-state index in [1.165, 1.54) is 12.1 Å². The smallest absolute Gasteiger partial charge is 0.307 e. The summed E-state index contributed by atoms with van der Waals surface area (Å²) in [5, 5.41) is 9.78. The first-order chi connectivity index (χ1) is 15.4. The summed E-state index contributed by atoms with van der Waals surface area (Å²) in [5.74, 6) is 0.597. The zero-order valence-corrected chi connectivity index (χ0v) is 18.2. The van der Waals surface area contributed by atoms with Gasteiger partial charge in [0.05, 0.1) is 18.6 Å². The van der Waals surface area contributed by atoms with Crippen LogP contribution in [0.25, 0.3) is 17.2 Å². The third kappa shape index (κ3) is 4.39. The number of ether oxygens (including phenoxy) is 2. The second kappa shape index (κ2) is 8.89. The van der Waals surface area contributed by atoms with Crippen LogP contribution in [0.15, 0.2) is 66.2 Å². The third-order valence-electron chi connectivity index (χ3n) is 5.35. The van der Waals surface area contributed by atoms with Crippen LogP contribution in [0.5, 0.6) is 17.2 Å². The van der Waals surface area contributed by atoms with Crippen LogP contribution >= 0.6 is 11.6 Å². The number of hydrogen-bond donors (Lipinski definition) is 1. The Hall–Kier alpha value is -3.57. The van der Waals surface area contributed by atoms with Gasteiger partial charge in [-0.25, -0.2) is 4.39 Å². The minimum atomic E-state index is -0.964. The van der Waals surface area contributed by atoms with Gasteiger partial charge in [0.25, 0.3) is 0 Å². The van der Waals surface area contributed by atoms with Gasteiger partial charge < -0.3 is 14.6 Å². The SMILES string of the molecule is COc1ccc(Oc2ccc(/C=C3/C(C)=C(CC(=O)O)c4cc(F)ccc43)c(Cl)c2)cc1. The van der Waals surface area contributed by atoms with Crippen molar-refractivity contribution < 1.29 is 23.8 Å². The van der Waals surface area contributed by atoms with Crippen LogP contribution in [-0.2, 0) is 4.79 Å². The van der Waals surface area contributed by atoms with Crippen molar-refractivity contribution in [3.8, 4) is 17.2 Å². The van der Waals surface area contributed by atoms with Crippen LogP contribution in [-0.4, -0.2) is 18.2 Å². The van der Waals surface area contributed by atoms with Crippen LogP contribution < -0.4 is 9.47 Å². The van der Waals surface area contributed by atoms with Gasteiger partial charge in [-0.15, -0.1) is 0 Å². The molecule has 0 unspecified atom stereocenters. The molecule has 0 aliphatic heterocycles. The second-order valence-corrected chi connectivity index (χ2v) is 7.79. The number of halogens is 2. The van der Waals surface area contributed by atoms with Gasteiger partial charge in [0.15, 0.2) is 0 Å². The number of fused-ring (bicyclic) bond motifs is 1. The van der Waals surface area contributed by atoms with Crippen molar-refractivity contribution in [3.63, 3.8) is 0 Å². The van der Waals surface area contributed by atoms with Gasteiger partial charge in [-0.1, -0.05) is 17.7 Å². The zero-order valence-electron chi connectivity index (χ0n) is 17.5. The molecule has 0 amide bonds. The highest BCUT2D eigenvalue weighted by molar-refractivity contribution is 6.32. The zero-order chi connectivity index (χ0) is 22.8. The Labute approximate surface area is 190 Å². The van der Waals surface area contributed by atoms with E-state index in [-0.39, 0.29) is 6.42 Å². The van der Waals surface area contributed by atoms with Gasteiger partial charge in [0.1, 0.15) is 23.1 Å². The van der Waals surface area contributed by atoms with Gasteiger partial charge >= 0.3 is 5.97 Å². The molecule has 1 aliphatic rings. The molecule has 0 fully saturated rings. The van der Waals surface area contributed by atoms with Crippen molar-refractivity contribution in [2.24, 2.45) is 0 Å². The molecule has 4 rings (SSSR count). The summed E-state index contributed by atoms with van der Waals surface area (Å²) in [6, 6.07) is 17.0. The number of aliphatic carboxylic acids is 1. The molecule has 0 spiro atoms. The molecule has 0 radical (unpaired) electrons. The molecule has 32 heavy (non-hydrogen) atoms. The first kappa shape index (κ1) is 21.7. The van der Waals surface area contributed by atoms with Crippen molar-refractivity contribution in [2.45, 2.75) is 13.3 Å². The Balaban J connectivity index is 1.67. The fourth-order valence-electron chi connectivity index (χ4n) is 3.76. The normalized spacial score (nSPS) is 13.9. The predicted molar refractivity (Wildman–Crippen MR) is 124 cm³/mol. The van der Waals surface area contributed by atoms with Crippen molar-refractivity contribution in [3.05, 3.63) is 93.8 Å². The van der Waals surface area contributed by atoms with Crippen LogP contribution in [0, 0.1) is 5.82 Å². The molecule has 4 nitrogen and oxygen atoms in total. The topological polar surface area (TPSA) is 55.8 Å². The fourth-order valence-corrected chi connectivity index (χ4v) is 3.98. The Kier molecular flexibility index (Phi) is 6.01. The second-order valence-electron chi connectivity index (χ2n) is 7.38. The monoisotopic (exact) mass is 450 g/mol. The Morgan fingerprint density at radius 1 is 1.00 bits per heavy atom. The molecule has 0 saturated heterocycles. The molecule has 0 saturated carbocycles. The summed E-state index contributed by atoms with van der Waals surface area (Å²) < 4.78 is 24.9. The minimum Gasteiger partial charge on any atom is -0.497 e. The molecule has 0 atom stereocenters. The number of carboxylic acids is 1. The summed E-state index contributed by atoms with van der Waals surface area (Å²) in [7, 11) is 1.60. The van der Waals surface area contributed by atoms with Crippen LogP contribution in [0.4, 0.5) is 4.39 Å². The van der Waals surface area contributed by atoms with E-state index in [0.717, 1.165) is 28.0 Å². The largest absolute Gasteiger partial charge is 0.497 e. The van der Waals surface area contributed by atoms with Crippen molar-refractivity contribution in [2.75, 3.05) is 7.11 Å². The molecule has 1 N–H and O–H groups in total. The summed E-state index contributed by atoms with van der Waals surface area (Å²) in [5.41, 5.74) is 4.36. The van der Waals surface area contributed by atoms with Crippen LogP contribution in [0.2, 0.25) is 5.02 Å². The number of rotatable bonds is 6. The van der Waals surface area contributed by atoms with E-state index in [0.29, 0.717) is 27.7 Å². The minimum absolute atomic E-state index is 0.179. The molecular formula is C26H20ClFO4. The first-order valence-electron chi connectivity index (χ1n) is 9.91. The lowest BCUT2D eigenvalue weighted by Crippen LogP contribution is -1.97. The Bertz CT molecular complexity index is 1260. The quantitative estimate of drug-likeness (QED) is 0.436. The molecule has 0 bridgehead atoms. The van der Waals surface area contributed by atoms with Gasteiger partial charge in [-0.05, 0) is 101 Å². The Morgan fingerprint density at radius 3 is 2.34 bits per heavy atom.